The van der Waals surface area contributed by atoms with Gasteiger partial charge in [-0.25, -0.2) is 9.97 Å². The molecule has 2 aromatic rings. The highest BCUT2D eigenvalue weighted by molar-refractivity contribution is 5.33. The number of aromatic nitrogens is 2. The van der Waals surface area contributed by atoms with E-state index >= 15 is 0 Å². The molecule has 1 fully saturated rings. The molecule has 0 saturated carbocycles. The van der Waals surface area contributed by atoms with Gasteiger partial charge >= 0.3 is 6.18 Å². The number of rotatable bonds is 3. The number of halogens is 3. The van der Waals surface area contributed by atoms with Gasteiger partial charge in [-0.05, 0) is 11.6 Å². The molecule has 3 rings (SSSR count). The highest BCUT2D eigenvalue weighted by Gasteiger charge is 2.34. The van der Waals surface area contributed by atoms with Gasteiger partial charge < -0.3 is 4.90 Å². The van der Waals surface area contributed by atoms with Gasteiger partial charge in [-0.15, -0.1) is 0 Å². The van der Waals surface area contributed by atoms with Gasteiger partial charge in [0.05, 0.1) is 6.07 Å². The Labute approximate surface area is 143 Å². The number of anilines is 1. The molecular formula is C17H16F3N5. The standard InChI is InChI=1S/C17H16F3N5/c18-17(19,20)15-6-7-22-16(23-15)25-9-8-24(14(10-21)12-25)11-13-4-2-1-3-5-13/h1-7,14H,8-9,11-12H2/t14-/m1/s1. The summed E-state index contributed by atoms with van der Waals surface area (Å²) in [6.45, 7) is 1.90. The largest absolute Gasteiger partial charge is 0.433 e. The molecule has 1 saturated heterocycles. The first-order valence-electron chi connectivity index (χ1n) is 7.80. The SMILES string of the molecule is N#C[C@@H]1CN(c2nccc(C(F)(F)F)n2)CCN1Cc1ccccc1. The highest BCUT2D eigenvalue weighted by Crippen LogP contribution is 2.28. The predicted octanol–water partition coefficient (Wildman–Crippen LogP) is 2.71. The minimum Gasteiger partial charge on any atom is -0.337 e. The Morgan fingerprint density at radius 1 is 1.16 bits per heavy atom. The van der Waals surface area contributed by atoms with E-state index in [2.05, 4.69) is 16.0 Å². The van der Waals surface area contributed by atoms with E-state index < -0.39 is 17.9 Å². The number of benzene rings is 1. The van der Waals surface area contributed by atoms with Crippen molar-refractivity contribution in [2.45, 2.75) is 18.8 Å². The van der Waals surface area contributed by atoms with Crippen molar-refractivity contribution in [1.82, 2.24) is 14.9 Å². The molecule has 0 N–H and O–H groups in total. The van der Waals surface area contributed by atoms with Crippen LogP contribution in [0, 0.1) is 11.3 Å². The third-order valence-electron chi connectivity index (χ3n) is 4.08. The van der Waals surface area contributed by atoms with Crippen molar-refractivity contribution < 1.29 is 13.2 Å². The Balaban J connectivity index is 1.73. The fourth-order valence-corrected chi connectivity index (χ4v) is 2.79. The topological polar surface area (TPSA) is 56.1 Å². The van der Waals surface area contributed by atoms with Crippen LogP contribution in [0.15, 0.2) is 42.6 Å². The van der Waals surface area contributed by atoms with Crippen LogP contribution >= 0.6 is 0 Å². The van der Waals surface area contributed by atoms with Crippen molar-refractivity contribution in [2.75, 3.05) is 24.5 Å². The molecule has 2 heterocycles. The Hall–Kier alpha value is -2.66. The molecule has 8 heteroatoms. The third kappa shape index (κ3) is 4.06. The van der Waals surface area contributed by atoms with Crippen molar-refractivity contribution >= 4 is 5.95 Å². The number of nitriles is 1. The maximum Gasteiger partial charge on any atom is 0.433 e. The van der Waals surface area contributed by atoms with E-state index in [9.17, 15) is 18.4 Å². The molecule has 1 aromatic carbocycles. The second kappa shape index (κ2) is 7.07. The van der Waals surface area contributed by atoms with E-state index in [0.717, 1.165) is 17.8 Å². The molecule has 130 valence electrons. The normalized spacial score (nSPS) is 18.8. The molecule has 1 aliphatic rings. The Bertz CT molecular complexity index is 757. The van der Waals surface area contributed by atoms with Crippen LogP contribution in [-0.2, 0) is 12.7 Å². The number of alkyl halides is 3. The molecule has 0 amide bonds. The first-order valence-corrected chi connectivity index (χ1v) is 7.80. The van der Waals surface area contributed by atoms with Crippen molar-refractivity contribution in [1.29, 1.82) is 5.26 Å². The average Bonchev–Trinajstić information content (AvgIpc) is 2.62. The van der Waals surface area contributed by atoms with Crippen molar-refractivity contribution in [3.05, 3.63) is 53.9 Å². The summed E-state index contributed by atoms with van der Waals surface area (Å²) in [5, 5.41) is 9.45. The fourth-order valence-electron chi connectivity index (χ4n) is 2.79. The van der Waals surface area contributed by atoms with Gasteiger partial charge in [-0.1, -0.05) is 30.3 Å². The smallest absolute Gasteiger partial charge is 0.337 e. The lowest BCUT2D eigenvalue weighted by molar-refractivity contribution is -0.141. The summed E-state index contributed by atoms with van der Waals surface area (Å²) in [5.74, 6) is 0.00874. The lowest BCUT2D eigenvalue weighted by Gasteiger charge is -2.38. The van der Waals surface area contributed by atoms with E-state index in [1.54, 1.807) is 4.90 Å². The number of hydrogen-bond acceptors (Lipinski definition) is 5. The van der Waals surface area contributed by atoms with Gasteiger partial charge in [-0.3, -0.25) is 4.90 Å². The van der Waals surface area contributed by atoms with E-state index in [1.165, 1.54) is 0 Å². The third-order valence-corrected chi connectivity index (χ3v) is 4.08. The van der Waals surface area contributed by atoms with E-state index in [0.29, 0.717) is 19.6 Å². The van der Waals surface area contributed by atoms with Crippen LogP contribution in [-0.4, -0.2) is 40.5 Å². The molecule has 1 aliphatic heterocycles. The molecule has 0 aliphatic carbocycles. The maximum atomic E-state index is 12.8. The molecule has 5 nitrogen and oxygen atoms in total. The molecule has 25 heavy (non-hydrogen) atoms. The van der Waals surface area contributed by atoms with Gasteiger partial charge in [0.2, 0.25) is 5.95 Å². The zero-order chi connectivity index (χ0) is 17.9. The molecule has 1 atom stereocenters. The second-order valence-electron chi connectivity index (χ2n) is 5.79. The maximum absolute atomic E-state index is 12.8. The summed E-state index contributed by atoms with van der Waals surface area (Å²) in [7, 11) is 0. The first kappa shape index (κ1) is 17.2. The molecule has 0 unspecified atom stereocenters. The lowest BCUT2D eigenvalue weighted by Crippen LogP contribution is -2.52. The second-order valence-corrected chi connectivity index (χ2v) is 5.79. The van der Waals surface area contributed by atoms with Crippen LogP contribution < -0.4 is 4.90 Å². The minimum atomic E-state index is -4.51. The van der Waals surface area contributed by atoms with E-state index in [-0.39, 0.29) is 12.5 Å². The minimum absolute atomic E-state index is 0.00874. The van der Waals surface area contributed by atoms with Crippen LogP contribution in [0.1, 0.15) is 11.3 Å². The van der Waals surface area contributed by atoms with Crippen LogP contribution in [0.4, 0.5) is 19.1 Å². The van der Waals surface area contributed by atoms with Crippen LogP contribution in [0.3, 0.4) is 0 Å². The Morgan fingerprint density at radius 2 is 1.92 bits per heavy atom. The van der Waals surface area contributed by atoms with Crippen LogP contribution in [0.5, 0.6) is 0 Å². The number of hydrogen-bond donors (Lipinski definition) is 0. The van der Waals surface area contributed by atoms with Crippen molar-refractivity contribution in [3.8, 4) is 6.07 Å². The lowest BCUT2D eigenvalue weighted by atomic mass is 10.1. The molecule has 0 radical (unpaired) electrons. The van der Waals surface area contributed by atoms with E-state index in [4.69, 9.17) is 0 Å². The zero-order valence-corrected chi connectivity index (χ0v) is 13.3. The predicted molar refractivity (Wildman–Crippen MR) is 85.5 cm³/mol. The van der Waals surface area contributed by atoms with Gasteiger partial charge in [0.25, 0.3) is 0 Å². The summed E-state index contributed by atoms with van der Waals surface area (Å²) in [6, 6.07) is 12.4. The summed E-state index contributed by atoms with van der Waals surface area (Å²) in [4.78, 5) is 11.2. The van der Waals surface area contributed by atoms with Gasteiger partial charge in [-0.2, -0.15) is 18.4 Å². The molecule has 0 bridgehead atoms. The monoisotopic (exact) mass is 347 g/mol. The van der Waals surface area contributed by atoms with Crippen molar-refractivity contribution in [2.24, 2.45) is 0 Å². The van der Waals surface area contributed by atoms with Gasteiger partial charge in [0.15, 0.2) is 0 Å². The summed E-state index contributed by atoms with van der Waals surface area (Å²) in [6.07, 6.45) is -3.41. The molecule has 0 spiro atoms. The first-order chi connectivity index (χ1) is 12.0. The summed E-state index contributed by atoms with van der Waals surface area (Å²) < 4.78 is 38.4. The van der Waals surface area contributed by atoms with Crippen LogP contribution in [0.2, 0.25) is 0 Å². The quantitative estimate of drug-likeness (QED) is 0.854. The average molecular weight is 347 g/mol. The number of piperazine rings is 1. The fraction of sp³-hybridized carbons (Fsp3) is 0.353. The Morgan fingerprint density at radius 3 is 2.60 bits per heavy atom. The van der Waals surface area contributed by atoms with Gasteiger partial charge in [0, 0.05) is 32.4 Å². The van der Waals surface area contributed by atoms with E-state index in [1.807, 2.05) is 35.2 Å². The van der Waals surface area contributed by atoms with Crippen molar-refractivity contribution in [3.63, 3.8) is 0 Å². The molecule has 1 aromatic heterocycles. The highest BCUT2D eigenvalue weighted by atomic mass is 19.4. The number of nitrogens with zero attached hydrogens (tertiary/aromatic N) is 5. The van der Waals surface area contributed by atoms with Gasteiger partial charge in [0.1, 0.15) is 11.7 Å². The van der Waals surface area contributed by atoms with Crippen LogP contribution in [0.25, 0.3) is 0 Å². The Kier molecular flexibility index (Phi) is 4.86. The molecular weight excluding hydrogens is 331 g/mol. The summed E-state index contributed by atoms with van der Waals surface area (Å²) in [5.41, 5.74) is 0.115. The summed E-state index contributed by atoms with van der Waals surface area (Å²) >= 11 is 0. The zero-order valence-electron chi connectivity index (χ0n) is 13.3.